The fraction of sp³-hybridized carbons (Fsp3) is 0.769. The zero-order chi connectivity index (χ0) is 17.1. The molecule has 2 amide bonds. The van der Waals surface area contributed by atoms with E-state index >= 15 is 0 Å². The van der Waals surface area contributed by atoms with Crippen LogP contribution >= 0.6 is 0 Å². The molecule has 0 bridgehead atoms. The average molecular weight is 324 g/mol. The van der Waals surface area contributed by atoms with Crippen molar-refractivity contribution in [3.63, 3.8) is 0 Å². The highest BCUT2D eigenvalue weighted by atomic mass is 19.4. The molecule has 9 heteroatoms. The lowest BCUT2D eigenvalue weighted by molar-refractivity contribution is -0.157. The maximum absolute atomic E-state index is 12.3. The third-order valence-corrected chi connectivity index (χ3v) is 3.38. The fourth-order valence-corrected chi connectivity index (χ4v) is 2.23. The van der Waals surface area contributed by atoms with Crippen LogP contribution in [0, 0.1) is 5.92 Å². The lowest BCUT2D eigenvalue weighted by Gasteiger charge is -2.27. The first kappa shape index (κ1) is 18.2. The summed E-state index contributed by atoms with van der Waals surface area (Å²) in [6.07, 6.45) is -4.73. The number of nitrogens with zero attached hydrogens (tertiary/aromatic N) is 1. The topological polar surface area (TPSA) is 86.7 Å². The van der Waals surface area contributed by atoms with Gasteiger partial charge in [0.15, 0.2) is 0 Å². The predicted molar refractivity (Wildman–Crippen MR) is 69.8 cm³/mol. The summed E-state index contributed by atoms with van der Waals surface area (Å²) >= 11 is 0. The Bertz CT molecular complexity index is 463. The van der Waals surface area contributed by atoms with Crippen molar-refractivity contribution in [2.24, 2.45) is 5.92 Å². The van der Waals surface area contributed by atoms with E-state index in [1.165, 1.54) is 0 Å². The molecule has 126 valence electrons. The van der Waals surface area contributed by atoms with E-state index in [4.69, 9.17) is 5.11 Å². The maximum Gasteiger partial charge on any atom is 0.406 e. The summed E-state index contributed by atoms with van der Waals surface area (Å²) in [7, 11) is 0. The van der Waals surface area contributed by atoms with Crippen molar-refractivity contribution in [3.05, 3.63) is 0 Å². The number of carbonyl (C=O) groups excluding carboxylic acids is 2. The molecule has 1 aliphatic heterocycles. The highest BCUT2D eigenvalue weighted by Gasteiger charge is 2.41. The van der Waals surface area contributed by atoms with E-state index in [2.05, 4.69) is 5.32 Å². The smallest absolute Gasteiger partial charge is 0.406 e. The Hall–Kier alpha value is -1.80. The first-order valence-corrected chi connectivity index (χ1v) is 6.78. The van der Waals surface area contributed by atoms with Gasteiger partial charge in [0, 0.05) is 24.9 Å². The number of carboxylic acid groups (broad SMARTS) is 1. The second kappa shape index (κ2) is 6.53. The van der Waals surface area contributed by atoms with Crippen molar-refractivity contribution in [2.45, 2.75) is 44.8 Å². The molecule has 0 aromatic carbocycles. The summed E-state index contributed by atoms with van der Waals surface area (Å²) in [5.74, 6) is -3.09. The van der Waals surface area contributed by atoms with Gasteiger partial charge in [0.05, 0.1) is 5.92 Å². The number of alkyl halides is 3. The lowest BCUT2D eigenvalue weighted by Crippen LogP contribution is -2.47. The summed E-state index contributed by atoms with van der Waals surface area (Å²) in [4.78, 5) is 34.7. The highest BCUT2D eigenvalue weighted by molar-refractivity contribution is 5.89. The van der Waals surface area contributed by atoms with Gasteiger partial charge < -0.3 is 15.3 Å². The van der Waals surface area contributed by atoms with E-state index in [1.807, 2.05) is 0 Å². The predicted octanol–water partition coefficient (Wildman–Crippen LogP) is 1.16. The molecule has 1 fully saturated rings. The molecular formula is C13H19F3N2O4. The number of likely N-dealkylation sites (tertiary alicyclic amines) is 1. The van der Waals surface area contributed by atoms with E-state index in [-0.39, 0.29) is 25.8 Å². The third-order valence-electron chi connectivity index (χ3n) is 3.38. The quantitative estimate of drug-likeness (QED) is 0.767. The number of halogens is 3. The van der Waals surface area contributed by atoms with Crippen LogP contribution in [-0.2, 0) is 14.4 Å². The van der Waals surface area contributed by atoms with E-state index in [1.54, 1.807) is 13.8 Å². The van der Waals surface area contributed by atoms with Gasteiger partial charge in [-0.2, -0.15) is 13.2 Å². The Morgan fingerprint density at radius 1 is 1.36 bits per heavy atom. The van der Waals surface area contributed by atoms with Gasteiger partial charge in [-0.3, -0.25) is 14.4 Å². The third kappa shape index (κ3) is 5.90. The summed E-state index contributed by atoms with van der Waals surface area (Å²) in [6, 6.07) is 0. The second-order valence-corrected chi connectivity index (χ2v) is 6.06. The molecule has 0 aromatic heterocycles. The molecule has 1 rings (SSSR count). The molecule has 1 atom stereocenters. The lowest BCUT2D eigenvalue weighted by atomic mass is 9.96. The number of hydrogen-bond acceptors (Lipinski definition) is 3. The standard InChI is InChI=1S/C13H19F3N2O4/c1-12(2,4-3-10(20)21)17-11(22)8-5-9(19)18(6-8)7-13(14,15)16/h8H,3-7H2,1-2H3,(H,17,22)(H,20,21)/t8-/m0/s1. The summed E-state index contributed by atoms with van der Waals surface area (Å²) < 4.78 is 36.9. The van der Waals surface area contributed by atoms with E-state index < -0.39 is 42.0 Å². The Balaban J connectivity index is 2.57. The van der Waals surface area contributed by atoms with Gasteiger partial charge in [-0.25, -0.2) is 0 Å². The Morgan fingerprint density at radius 2 is 1.95 bits per heavy atom. The molecule has 2 N–H and O–H groups in total. The molecule has 6 nitrogen and oxygen atoms in total. The van der Waals surface area contributed by atoms with Crippen LogP contribution in [0.5, 0.6) is 0 Å². The molecule has 0 aromatic rings. The first-order chi connectivity index (χ1) is 9.89. The summed E-state index contributed by atoms with van der Waals surface area (Å²) in [6.45, 7) is 1.60. The zero-order valence-corrected chi connectivity index (χ0v) is 12.4. The Morgan fingerprint density at radius 3 is 2.45 bits per heavy atom. The Kier molecular flexibility index (Phi) is 5.42. The minimum absolute atomic E-state index is 0.142. The number of rotatable bonds is 6. The van der Waals surface area contributed by atoms with Crippen molar-refractivity contribution in [2.75, 3.05) is 13.1 Å². The molecule has 1 heterocycles. The Labute approximate surface area is 125 Å². The minimum Gasteiger partial charge on any atom is -0.481 e. The first-order valence-electron chi connectivity index (χ1n) is 6.78. The van der Waals surface area contributed by atoms with Crippen LogP contribution in [0.4, 0.5) is 13.2 Å². The van der Waals surface area contributed by atoms with Crippen molar-refractivity contribution >= 4 is 17.8 Å². The van der Waals surface area contributed by atoms with Crippen molar-refractivity contribution in [3.8, 4) is 0 Å². The van der Waals surface area contributed by atoms with Gasteiger partial charge in [0.2, 0.25) is 11.8 Å². The number of carboxylic acids is 1. The molecular weight excluding hydrogens is 305 g/mol. The molecule has 1 saturated heterocycles. The number of aliphatic carboxylic acids is 1. The van der Waals surface area contributed by atoms with Gasteiger partial charge in [-0.15, -0.1) is 0 Å². The van der Waals surface area contributed by atoms with Gasteiger partial charge >= 0.3 is 12.1 Å². The van der Waals surface area contributed by atoms with E-state index in [0.29, 0.717) is 4.90 Å². The SMILES string of the molecule is CC(C)(CCC(=O)O)NC(=O)[C@H]1CC(=O)N(CC(F)(F)F)C1. The minimum atomic E-state index is -4.50. The van der Waals surface area contributed by atoms with Gasteiger partial charge in [-0.05, 0) is 20.3 Å². The highest BCUT2D eigenvalue weighted by Crippen LogP contribution is 2.24. The van der Waals surface area contributed by atoms with Crippen LogP contribution in [0.2, 0.25) is 0 Å². The van der Waals surface area contributed by atoms with Crippen LogP contribution in [0.25, 0.3) is 0 Å². The van der Waals surface area contributed by atoms with Crippen molar-refractivity contribution in [1.29, 1.82) is 0 Å². The van der Waals surface area contributed by atoms with Crippen LogP contribution in [0.3, 0.4) is 0 Å². The summed E-state index contributed by atoms with van der Waals surface area (Å²) in [5.41, 5.74) is -0.810. The molecule has 0 unspecified atom stereocenters. The van der Waals surface area contributed by atoms with E-state index in [9.17, 15) is 27.6 Å². The van der Waals surface area contributed by atoms with Crippen LogP contribution < -0.4 is 5.32 Å². The van der Waals surface area contributed by atoms with Crippen molar-refractivity contribution in [1.82, 2.24) is 10.2 Å². The zero-order valence-electron chi connectivity index (χ0n) is 12.4. The van der Waals surface area contributed by atoms with Crippen LogP contribution in [0.1, 0.15) is 33.1 Å². The molecule has 0 spiro atoms. The molecule has 0 saturated carbocycles. The maximum atomic E-state index is 12.3. The molecule has 22 heavy (non-hydrogen) atoms. The summed E-state index contributed by atoms with van der Waals surface area (Å²) in [5, 5.41) is 11.2. The number of carbonyl (C=O) groups is 3. The van der Waals surface area contributed by atoms with Crippen LogP contribution in [0.15, 0.2) is 0 Å². The average Bonchev–Trinajstić information content (AvgIpc) is 2.66. The number of hydrogen-bond donors (Lipinski definition) is 2. The fourth-order valence-electron chi connectivity index (χ4n) is 2.23. The van der Waals surface area contributed by atoms with Gasteiger partial charge in [-0.1, -0.05) is 0 Å². The van der Waals surface area contributed by atoms with Gasteiger partial charge in [0.1, 0.15) is 6.54 Å². The largest absolute Gasteiger partial charge is 0.481 e. The molecule has 0 radical (unpaired) electrons. The second-order valence-electron chi connectivity index (χ2n) is 6.06. The normalized spacial score (nSPS) is 19.4. The van der Waals surface area contributed by atoms with E-state index in [0.717, 1.165) is 0 Å². The number of amides is 2. The molecule has 0 aliphatic carbocycles. The monoisotopic (exact) mass is 324 g/mol. The van der Waals surface area contributed by atoms with Crippen LogP contribution in [-0.4, -0.2) is 52.6 Å². The number of nitrogens with one attached hydrogen (secondary N) is 1. The van der Waals surface area contributed by atoms with Gasteiger partial charge in [0.25, 0.3) is 0 Å². The van der Waals surface area contributed by atoms with Crippen molar-refractivity contribution < 1.29 is 32.7 Å². The molecule has 1 aliphatic rings.